The van der Waals surface area contributed by atoms with Gasteiger partial charge in [0.2, 0.25) is 5.91 Å². The van der Waals surface area contributed by atoms with Crippen molar-refractivity contribution in [3.63, 3.8) is 0 Å². The highest BCUT2D eigenvalue weighted by Gasteiger charge is 2.12. The van der Waals surface area contributed by atoms with E-state index in [0.29, 0.717) is 6.42 Å². The number of carboxylic acids is 1. The fourth-order valence-electron chi connectivity index (χ4n) is 3.06. The van der Waals surface area contributed by atoms with Crippen LogP contribution in [0, 0.1) is 0 Å². The molecule has 1 amide bonds. The van der Waals surface area contributed by atoms with Gasteiger partial charge in [-0.3, -0.25) is 9.59 Å². The number of amides is 1. The Morgan fingerprint density at radius 1 is 0.769 bits per heavy atom. The molecular formula is C21H42N2O3. The summed E-state index contributed by atoms with van der Waals surface area (Å²) in [5.74, 6) is -1.19. The average Bonchev–Trinajstić information content (AvgIpc) is 2.62. The van der Waals surface area contributed by atoms with Crippen molar-refractivity contribution in [3.8, 4) is 0 Å². The Labute approximate surface area is 160 Å². The molecular weight excluding hydrogens is 328 g/mol. The number of unbranched alkanes of at least 4 members (excludes halogenated alkanes) is 14. The van der Waals surface area contributed by atoms with E-state index in [1.807, 2.05) is 0 Å². The predicted octanol–water partition coefficient (Wildman–Crippen LogP) is 4.78. The molecule has 0 radical (unpaired) electrons. The lowest BCUT2D eigenvalue weighted by Gasteiger charge is -2.08. The number of nitrogens with two attached hydrogens (primary N) is 1. The molecule has 1 atom stereocenters. The topological polar surface area (TPSA) is 92.4 Å². The molecule has 0 aliphatic carbocycles. The lowest BCUT2D eigenvalue weighted by atomic mass is 10.0. The largest absolute Gasteiger partial charge is 0.480 e. The van der Waals surface area contributed by atoms with Gasteiger partial charge in [-0.15, -0.1) is 0 Å². The molecule has 4 N–H and O–H groups in total. The Kier molecular flexibility index (Phi) is 17.9. The van der Waals surface area contributed by atoms with Crippen LogP contribution in [0.2, 0.25) is 0 Å². The minimum Gasteiger partial charge on any atom is -0.480 e. The normalized spacial score (nSPS) is 12.1. The molecule has 5 heteroatoms. The SMILES string of the molecule is CCCCCCCCCCCCCCCCCC(=O)NC[C@H](N)C(=O)O. The summed E-state index contributed by atoms with van der Waals surface area (Å²) in [5, 5.41) is 11.2. The molecule has 0 rings (SSSR count). The monoisotopic (exact) mass is 370 g/mol. The summed E-state index contributed by atoms with van der Waals surface area (Å²) in [6, 6.07) is -1.01. The molecule has 0 spiro atoms. The number of carbonyl (C=O) groups is 2. The van der Waals surface area contributed by atoms with Gasteiger partial charge in [0.05, 0.1) is 0 Å². The molecule has 0 saturated heterocycles. The van der Waals surface area contributed by atoms with Crippen molar-refractivity contribution in [1.29, 1.82) is 0 Å². The van der Waals surface area contributed by atoms with Crippen LogP contribution in [0.1, 0.15) is 110 Å². The first-order valence-corrected chi connectivity index (χ1v) is 10.8. The third kappa shape index (κ3) is 17.7. The molecule has 5 nitrogen and oxygen atoms in total. The second kappa shape index (κ2) is 18.7. The van der Waals surface area contributed by atoms with E-state index in [0.717, 1.165) is 12.8 Å². The number of aliphatic carboxylic acids is 1. The molecule has 0 aliphatic heterocycles. The van der Waals surface area contributed by atoms with Gasteiger partial charge < -0.3 is 16.2 Å². The van der Waals surface area contributed by atoms with Gasteiger partial charge in [-0.2, -0.15) is 0 Å². The zero-order valence-electron chi connectivity index (χ0n) is 16.9. The third-order valence-electron chi connectivity index (χ3n) is 4.84. The van der Waals surface area contributed by atoms with Gasteiger partial charge in [-0.25, -0.2) is 0 Å². The summed E-state index contributed by atoms with van der Waals surface area (Å²) in [6.07, 6.45) is 20.0. The van der Waals surface area contributed by atoms with E-state index in [9.17, 15) is 9.59 Å². The number of rotatable bonds is 19. The Balaban J connectivity index is 3.19. The molecule has 0 heterocycles. The van der Waals surface area contributed by atoms with Crippen LogP contribution >= 0.6 is 0 Å². The standard InChI is InChI=1S/C21H42N2O3/c1-2-3-4-5-6-7-8-9-10-11-12-13-14-15-16-17-20(24)23-18-19(22)21(25)26/h19H,2-18,22H2,1H3,(H,23,24)(H,25,26)/t19-/m0/s1. The van der Waals surface area contributed by atoms with Crippen molar-refractivity contribution in [3.05, 3.63) is 0 Å². The lowest BCUT2D eigenvalue weighted by molar-refractivity contribution is -0.138. The number of carboxylic acid groups (broad SMARTS) is 1. The lowest BCUT2D eigenvalue weighted by Crippen LogP contribution is -2.42. The molecule has 0 bridgehead atoms. The van der Waals surface area contributed by atoms with Gasteiger partial charge in [-0.05, 0) is 6.42 Å². The molecule has 0 aliphatic rings. The smallest absolute Gasteiger partial charge is 0.322 e. The Hall–Kier alpha value is -1.10. The number of hydrogen-bond donors (Lipinski definition) is 3. The molecule has 0 fully saturated rings. The van der Waals surface area contributed by atoms with Crippen LogP contribution in [0.5, 0.6) is 0 Å². The maximum absolute atomic E-state index is 11.5. The van der Waals surface area contributed by atoms with Crippen LogP contribution in [0.4, 0.5) is 0 Å². The van der Waals surface area contributed by atoms with E-state index in [2.05, 4.69) is 12.2 Å². The Morgan fingerprint density at radius 2 is 1.15 bits per heavy atom. The average molecular weight is 371 g/mol. The Morgan fingerprint density at radius 3 is 1.54 bits per heavy atom. The molecule has 0 saturated carbocycles. The van der Waals surface area contributed by atoms with Crippen LogP contribution in [0.15, 0.2) is 0 Å². The van der Waals surface area contributed by atoms with Crippen molar-refractivity contribution in [2.75, 3.05) is 6.54 Å². The zero-order chi connectivity index (χ0) is 19.5. The highest BCUT2D eigenvalue weighted by molar-refractivity contribution is 5.78. The van der Waals surface area contributed by atoms with E-state index in [1.165, 1.54) is 83.5 Å². The van der Waals surface area contributed by atoms with Gasteiger partial charge in [-0.1, -0.05) is 96.8 Å². The summed E-state index contributed by atoms with van der Waals surface area (Å²) in [7, 11) is 0. The van der Waals surface area contributed by atoms with E-state index in [-0.39, 0.29) is 12.5 Å². The molecule has 154 valence electrons. The molecule has 0 unspecified atom stereocenters. The van der Waals surface area contributed by atoms with Crippen molar-refractivity contribution in [2.24, 2.45) is 5.73 Å². The van der Waals surface area contributed by atoms with E-state index in [4.69, 9.17) is 10.8 Å². The Bertz CT molecular complexity index is 348. The number of carbonyl (C=O) groups excluding carboxylic acids is 1. The summed E-state index contributed by atoms with van der Waals surface area (Å²) < 4.78 is 0. The van der Waals surface area contributed by atoms with Crippen LogP contribution in [-0.4, -0.2) is 29.6 Å². The van der Waals surface area contributed by atoms with Gasteiger partial charge in [0.1, 0.15) is 6.04 Å². The minimum absolute atomic E-state index is 0.00685. The van der Waals surface area contributed by atoms with Crippen molar-refractivity contribution in [1.82, 2.24) is 5.32 Å². The van der Waals surface area contributed by atoms with Gasteiger partial charge >= 0.3 is 5.97 Å². The van der Waals surface area contributed by atoms with Gasteiger partial charge in [0, 0.05) is 13.0 Å². The predicted molar refractivity (Wildman–Crippen MR) is 108 cm³/mol. The van der Waals surface area contributed by atoms with Crippen LogP contribution < -0.4 is 11.1 Å². The van der Waals surface area contributed by atoms with E-state index in [1.54, 1.807) is 0 Å². The first-order chi connectivity index (χ1) is 12.6. The summed E-state index contributed by atoms with van der Waals surface area (Å²) in [4.78, 5) is 22.1. The fraction of sp³-hybridized carbons (Fsp3) is 0.905. The fourth-order valence-corrected chi connectivity index (χ4v) is 3.06. The summed E-state index contributed by atoms with van der Waals surface area (Å²) in [5.41, 5.74) is 5.34. The number of hydrogen-bond acceptors (Lipinski definition) is 3. The highest BCUT2D eigenvalue weighted by atomic mass is 16.4. The zero-order valence-corrected chi connectivity index (χ0v) is 16.9. The van der Waals surface area contributed by atoms with E-state index >= 15 is 0 Å². The minimum atomic E-state index is -1.09. The quantitative estimate of drug-likeness (QED) is 0.285. The summed E-state index contributed by atoms with van der Waals surface area (Å²) >= 11 is 0. The second-order valence-electron chi connectivity index (χ2n) is 7.45. The van der Waals surface area contributed by atoms with E-state index < -0.39 is 12.0 Å². The molecule has 26 heavy (non-hydrogen) atoms. The molecule has 0 aromatic rings. The second-order valence-corrected chi connectivity index (χ2v) is 7.45. The number of nitrogens with one attached hydrogen (secondary N) is 1. The van der Waals surface area contributed by atoms with Crippen LogP contribution in [0.25, 0.3) is 0 Å². The van der Waals surface area contributed by atoms with Gasteiger partial charge in [0.25, 0.3) is 0 Å². The highest BCUT2D eigenvalue weighted by Crippen LogP contribution is 2.13. The van der Waals surface area contributed by atoms with Crippen molar-refractivity contribution >= 4 is 11.9 Å². The first-order valence-electron chi connectivity index (χ1n) is 10.8. The third-order valence-corrected chi connectivity index (χ3v) is 4.84. The van der Waals surface area contributed by atoms with Crippen molar-refractivity contribution < 1.29 is 14.7 Å². The molecule has 0 aromatic heterocycles. The van der Waals surface area contributed by atoms with Gasteiger partial charge in [0.15, 0.2) is 0 Å². The van der Waals surface area contributed by atoms with Crippen LogP contribution in [0.3, 0.4) is 0 Å². The maximum Gasteiger partial charge on any atom is 0.322 e. The first kappa shape index (κ1) is 24.9. The summed E-state index contributed by atoms with van der Waals surface area (Å²) in [6.45, 7) is 2.27. The van der Waals surface area contributed by atoms with Crippen LogP contribution in [-0.2, 0) is 9.59 Å². The van der Waals surface area contributed by atoms with Crippen molar-refractivity contribution in [2.45, 2.75) is 116 Å². The maximum atomic E-state index is 11.5. The molecule has 0 aromatic carbocycles.